The molecular weight excluding hydrogens is 270 g/mol. The fourth-order valence-corrected chi connectivity index (χ4v) is 2.87. The molecule has 3 rings (SSSR count). The molecule has 0 atom stereocenters. The van der Waals surface area contributed by atoms with Crippen LogP contribution < -0.4 is 0 Å². The molecule has 0 aliphatic carbocycles. The van der Waals surface area contributed by atoms with E-state index >= 15 is 0 Å². The summed E-state index contributed by atoms with van der Waals surface area (Å²) in [6.45, 7) is 4.03. The summed E-state index contributed by atoms with van der Waals surface area (Å²) in [5.74, 6) is 1.83. The van der Waals surface area contributed by atoms with Crippen molar-refractivity contribution >= 4 is 17.5 Å². The van der Waals surface area contributed by atoms with Crippen molar-refractivity contribution in [3.05, 3.63) is 53.6 Å². The minimum Gasteiger partial charge on any atom is -0.508 e. The number of thioether (sulfide) groups is 1. The number of aromatic nitrogens is 3. The lowest BCUT2D eigenvalue weighted by atomic mass is 10.3. The van der Waals surface area contributed by atoms with E-state index in [0.717, 1.165) is 33.5 Å². The van der Waals surface area contributed by atoms with E-state index in [1.54, 1.807) is 23.9 Å². The fourth-order valence-electron chi connectivity index (χ4n) is 2.09. The van der Waals surface area contributed by atoms with Crippen molar-refractivity contribution in [2.45, 2.75) is 24.5 Å². The normalized spacial score (nSPS) is 11.1. The molecular formula is C15H15N3OS. The van der Waals surface area contributed by atoms with Crippen molar-refractivity contribution in [3.8, 4) is 5.75 Å². The van der Waals surface area contributed by atoms with Crippen LogP contribution in [0, 0.1) is 13.8 Å². The Labute approximate surface area is 121 Å². The molecule has 20 heavy (non-hydrogen) atoms. The summed E-state index contributed by atoms with van der Waals surface area (Å²) in [4.78, 5) is 10.1. The number of benzene rings is 1. The Hall–Kier alpha value is -2.01. The Balaban J connectivity index is 1.81. The van der Waals surface area contributed by atoms with Crippen LogP contribution in [0.5, 0.6) is 5.75 Å². The molecule has 1 N–H and O–H groups in total. The highest BCUT2D eigenvalue weighted by atomic mass is 32.2. The van der Waals surface area contributed by atoms with Crippen LogP contribution in [-0.2, 0) is 5.75 Å². The highest BCUT2D eigenvalue weighted by Crippen LogP contribution is 2.24. The average Bonchev–Trinajstić information content (AvgIpc) is 2.81. The van der Waals surface area contributed by atoms with Crippen LogP contribution in [0.2, 0.25) is 0 Å². The third-order valence-electron chi connectivity index (χ3n) is 3.03. The summed E-state index contributed by atoms with van der Waals surface area (Å²) < 4.78 is 2.01. The van der Waals surface area contributed by atoms with Crippen LogP contribution in [0.4, 0.5) is 0 Å². The summed E-state index contributed by atoms with van der Waals surface area (Å²) in [7, 11) is 0. The molecule has 0 amide bonds. The zero-order valence-electron chi connectivity index (χ0n) is 11.4. The number of imidazole rings is 1. The zero-order chi connectivity index (χ0) is 14.1. The second-order valence-corrected chi connectivity index (χ2v) is 5.77. The molecule has 0 aliphatic heterocycles. The molecule has 2 heterocycles. The first-order valence-electron chi connectivity index (χ1n) is 6.36. The van der Waals surface area contributed by atoms with E-state index in [2.05, 4.69) is 16.9 Å². The van der Waals surface area contributed by atoms with Crippen LogP contribution in [0.1, 0.15) is 17.1 Å². The third-order valence-corrected chi connectivity index (χ3v) is 4.08. The van der Waals surface area contributed by atoms with E-state index in [4.69, 9.17) is 0 Å². The number of phenolic OH excluding ortho intramolecular Hbond substituents is 1. The van der Waals surface area contributed by atoms with Gasteiger partial charge in [0.15, 0.2) is 0 Å². The molecule has 0 bridgehead atoms. The predicted molar refractivity (Wildman–Crippen MR) is 80.1 cm³/mol. The van der Waals surface area contributed by atoms with Gasteiger partial charge in [0.25, 0.3) is 0 Å². The summed E-state index contributed by atoms with van der Waals surface area (Å²) in [5.41, 5.74) is 3.13. The molecule has 0 fully saturated rings. The molecule has 2 aromatic heterocycles. The fraction of sp³-hybridized carbons (Fsp3) is 0.200. The number of phenols is 1. The molecule has 0 spiro atoms. The van der Waals surface area contributed by atoms with Crippen molar-refractivity contribution in [1.82, 2.24) is 14.4 Å². The van der Waals surface area contributed by atoms with Crippen LogP contribution in [0.15, 0.2) is 41.4 Å². The van der Waals surface area contributed by atoms with Crippen molar-refractivity contribution in [2.75, 3.05) is 0 Å². The van der Waals surface area contributed by atoms with E-state index in [0.29, 0.717) is 0 Å². The maximum absolute atomic E-state index is 9.26. The van der Waals surface area contributed by atoms with Crippen LogP contribution >= 0.6 is 11.8 Å². The van der Waals surface area contributed by atoms with Crippen molar-refractivity contribution in [3.63, 3.8) is 0 Å². The van der Waals surface area contributed by atoms with E-state index in [1.807, 2.05) is 35.7 Å². The van der Waals surface area contributed by atoms with E-state index in [-0.39, 0.29) is 5.75 Å². The smallest absolute Gasteiger partial charge is 0.234 e. The lowest BCUT2D eigenvalue weighted by molar-refractivity contribution is 0.475. The van der Waals surface area contributed by atoms with Gasteiger partial charge in [0.2, 0.25) is 5.78 Å². The number of fused-ring (bicyclic) bond motifs is 1. The lowest BCUT2D eigenvalue weighted by Crippen LogP contribution is -1.94. The molecule has 5 heteroatoms. The number of hydrogen-bond donors (Lipinski definition) is 1. The second-order valence-electron chi connectivity index (χ2n) is 4.72. The van der Waals surface area contributed by atoms with Gasteiger partial charge >= 0.3 is 0 Å². The SMILES string of the molecule is Cc1cc(C)n2cc(CSc3ccc(O)cc3)nc2n1. The van der Waals surface area contributed by atoms with Crippen molar-refractivity contribution < 1.29 is 5.11 Å². The quantitative estimate of drug-likeness (QED) is 0.750. The number of nitrogens with zero attached hydrogens (tertiary/aromatic N) is 3. The second kappa shape index (κ2) is 5.17. The zero-order valence-corrected chi connectivity index (χ0v) is 12.2. The average molecular weight is 285 g/mol. The third kappa shape index (κ3) is 2.63. The number of aromatic hydroxyl groups is 1. The molecule has 0 saturated carbocycles. The van der Waals surface area contributed by atoms with Crippen molar-refractivity contribution in [1.29, 1.82) is 0 Å². The standard InChI is InChI=1S/C15H15N3OS/c1-10-7-11(2)18-8-12(17-15(18)16-10)9-20-14-5-3-13(19)4-6-14/h3-8,19H,9H2,1-2H3. The first-order chi connectivity index (χ1) is 9.61. The predicted octanol–water partition coefficient (Wildman–Crippen LogP) is 3.34. The summed E-state index contributed by atoms with van der Waals surface area (Å²) >= 11 is 1.69. The highest BCUT2D eigenvalue weighted by Gasteiger charge is 2.06. The Morgan fingerprint density at radius 1 is 1.15 bits per heavy atom. The van der Waals surface area contributed by atoms with Gasteiger partial charge in [0.1, 0.15) is 5.75 Å². The summed E-state index contributed by atoms with van der Waals surface area (Å²) in [6, 6.07) is 9.25. The maximum atomic E-state index is 9.26. The number of rotatable bonds is 3. The molecule has 3 aromatic rings. The molecule has 4 nitrogen and oxygen atoms in total. The Morgan fingerprint density at radius 2 is 1.90 bits per heavy atom. The highest BCUT2D eigenvalue weighted by molar-refractivity contribution is 7.98. The van der Waals surface area contributed by atoms with Gasteiger partial charge in [-0.25, -0.2) is 9.97 Å². The van der Waals surface area contributed by atoms with Gasteiger partial charge in [-0.3, -0.25) is 4.40 Å². The van der Waals surface area contributed by atoms with Gasteiger partial charge in [0, 0.05) is 28.2 Å². The van der Waals surface area contributed by atoms with Gasteiger partial charge in [0.05, 0.1) is 5.69 Å². The Bertz CT molecular complexity index is 750. The molecule has 0 aliphatic rings. The van der Waals surface area contributed by atoms with E-state index in [1.165, 1.54) is 0 Å². The molecule has 102 valence electrons. The minimum atomic E-state index is 0.289. The van der Waals surface area contributed by atoms with Gasteiger partial charge in [-0.2, -0.15) is 0 Å². The van der Waals surface area contributed by atoms with Crippen LogP contribution in [0.25, 0.3) is 5.78 Å². The number of hydrogen-bond acceptors (Lipinski definition) is 4. The largest absolute Gasteiger partial charge is 0.508 e. The molecule has 0 radical (unpaired) electrons. The van der Waals surface area contributed by atoms with Crippen LogP contribution in [-0.4, -0.2) is 19.5 Å². The number of aryl methyl sites for hydroxylation is 2. The maximum Gasteiger partial charge on any atom is 0.234 e. The van der Waals surface area contributed by atoms with Crippen LogP contribution in [0.3, 0.4) is 0 Å². The Morgan fingerprint density at radius 3 is 2.65 bits per heavy atom. The lowest BCUT2D eigenvalue weighted by Gasteiger charge is -1.99. The summed E-state index contributed by atoms with van der Waals surface area (Å²) in [5, 5.41) is 9.26. The van der Waals surface area contributed by atoms with E-state index < -0.39 is 0 Å². The van der Waals surface area contributed by atoms with Crippen molar-refractivity contribution in [2.24, 2.45) is 0 Å². The minimum absolute atomic E-state index is 0.289. The molecule has 0 unspecified atom stereocenters. The van der Waals surface area contributed by atoms with Gasteiger partial charge in [-0.05, 0) is 44.2 Å². The molecule has 0 saturated heterocycles. The topological polar surface area (TPSA) is 50.4 Å². The Kier molecular flexibility index (Phi) is 3.36. The molecule has 1 aromatic carbocycles. The first kappa shape index (κ1) is 13.0. The van der Waals surface area contributed by atoms with E-state index in [9.17, 15) is 5.11 Å². The summed E-state index contributed by atoms with van der Waals surface area (Å²) in [6.07, 6.45) is 2.03. The van der Waals surface area contributed by atoms with Gasteiger partial charge < -0.3 is 5.11 Å². The first-order valence-corrected chi connectivity index (χ1v) is 7.34. The monoisotopic (exact) mass is 285 g/mol. The van der Waals surface area contributed by atoms with Gasteiger partial charge in [-0.1, -0.05) is 0 Å². The van der Waals surface area contributed by atoms with Gasteiger partial charge in [-0.15, -0.1) is 11.8 Å².